The molecule has 0 aliphatic rings. The summed E-state index contributed by atoms with van der Waals surface area (Å²) in [5.74, 6) is -0.525. The van der Waals surface area contributed by atoms with Crippen LogP contribution in [0.4, 0.5) is 5.69 Å². The van der Waals surface area contributed by atoms with E-state index in [2.05, 4.69) is 15.6 Å². The summed E-state index contributed by atoms with van der Waals surface area (Å²) in [6.45, 7) is 3.71. The lowest BCUT2D eigenvalue weighted by atomic mass is 10.1. The lowest BCUT2D eigenvalue weighted by Gasteiger charge is -2.12. The second kappa shape index (κ2) is 7.62. The van der Waals surface area contributed by atoms with E-state index in [0.29, 0.717) is 10.7 Å². The number of carbonyl (C=O) groups is 2. The van der Waals surface area contributed by atoms with Crippen LogP contribution in [0.15, 0.2) is 42.6 Å². The largest absolute Gasteiger partial charge is 0.361 e. The molecule has 3 aromatic rings. The number of nitrogens with one attached hydrogen (secondary N) is 3. The summed E-state index contributed by atoms with van der Waals surface area (Å²) < 4.78 is 0. The van der Waals surface area contributed by atoms with Gasteiger partial charge in [-0.2, -0.15) is 0 Å². The number of carbonyl (C=O) groups excluding carboxylic acids is 2. The molecule has 6 heteroatoms. The maximum atomic E-state index is 12.2. The molecular weight excluding hydrogens is 350 g/mol. The first kappa shape index (κ1) is 18.0. The fourth-order valence-corrected chi connectivity index (χ4v) is 3.32. The number of rotatable bonds is 5. The van der Waals surface area contributed by atoms with Crippen LogP contribution in [0.2, 0.25) is 5.02 Å². The minimum atomic E-state index is -0.314. The van der Waals surface area contributed by atoms with E-state index in [1.165, 1.54) is 0 Å². The van der Waals surface area contributed by atoms with Crippen molar-refractivity contribution < 1.29 is 9.59 Å². The van der Waals surface area contributed by atoms with Crippen molar-refractivity contribution >= 4 is 40.0 Å². The normalized spacial score (nSPS) is 10.7. The zero-order valence-electron chi connectivity index (χ0n) is 14.7. The number of H-pyrrole nitrogens is 1. The predicted molar refractivity (Wildman–Crippen MR) is 105 cm³/mol. The number of amides is 2. The SMILES string of the molecule is Cc1cc(C)c(NC(=O)CNC(=O)Cc2c[nH]c3ccccc23)c(Cl)c1. The first-order valence-electron chi connectivity index (χ1n) is 8.32. The number of benzene rings is 2. The van der Waals surface area contributed by atoms with E-state index in [1.807, 2.05) is 50.4 Å². The zero-order valence-corrected chi connectivity index (χ0v) is 15.4. The summed E-state index contributed by atoms with van der Waals surface area (Å²) in [6.07, 6.45) is 2.03. The Kier molecular flexibility index (Phi) is 5.28. The van der Waals surface area contributed by atoms with Gasteiger partial charge in [-0.05, 0) is 42.7 Å². The third-order valence-electron chi connectivity index (χ3n) is 4.17. The van der Waals surface area contributed by atoms with Gasteiger partial charge in [0.05, 0.1) is 23.7 Å². The number of halogens is 1. The average molecular weight is 370 g/mol. The molecule has 3 N–H and O–H groups in total. The van der Waals surface area contributed by atoms with Crippen molar-refractivity contribution in [2.75, 3.05) is 11.9 Å². The van der Waals surface area contributed by atoms with E-state index < -0.39 is 0 Å². The van der Waals surface area contributed by atoms with Crippen LogP contribution in [0.1, 0.15) is 16.7 Å². The molecule has 134 valence electrons. The molecule has 0 aliphatic carbocycles. The maximum absolute atomic E-state index is 12.2. The Morgan fingerprint density at radius 3 is 2.65 bits per heavy atom. The summed E-state index contributed by atoms with van der Waals surface area (Å²) in [4.78, 5) is 27.4. The van der Waals surface area contributed by atoms with Crippen LogP contribution in [-0.4, -0.2) is 23.3 Å². The highest BCUT2D eigenvalue weighted by Gasteiger charge is 2.12. The van der Waals surface area contributed by atoms with E-state index in [-0.39, 0.29) is 24.8 Å². The van der Waals surface area contributed by atoms with Crippen LogP contribution < -0.4 is 10.6 Å². The molecule has 0 aliphatic heterocycles. The van der Waals surface area contributed by atoms with Gasteiger partial charge in [-0.25, -0.2) is 0 Å². The summed E-state index contributed by atoms with van der Waals surface area (Å²) >= 11 is 6.19. The Bertz CT molecular complexity index is 955. The summed E-state index contributed by atoms with van der Waals surface area (Å²) in [7, 11) is 0. The van der Waals surface area contributed by atoms with Gasteiger partial charge >= 0.3 is 0 Å². The highest BCUT2D eigenvalue weighted by Crippen LogP contribution is 2.27. The second-order valence-corrected chi connectivity index (χ2v) is 6.71. The molecule has 0 atom stereocenters. The molecular formula is C20H20ClN3O2. The Morgan fingerprint density at radius 1 is 1.12 bits per heavy atom. The highest BCUT2D eigenvalue weighted by molar-refractivity contribution is 6.34. The maximum Gasteiger partial charge on any atom is 0.243 e. The lowest BCUT2D eigenvalue weighted by Crippen LogP contribution is -2.34. The number of hydrogen-bond donors (Lipinski definition) is 3. The molecule has 5 nitrogen and oxygen atoms in total. The Morgan fingerprint density at radius 2 is 1.88 bits per heavy atom. The van der Waals surface area contributed by atoms with E-state index in [1.54, 1.807) is 6.07 Å². The van der Waals surface area contributed by atoms with Crippen LogP contribution in [0.25, 0.3) is 10.9 Å². The van der Waals surface area contributed by atoms with Crippen molar-refractivity contribution in [1.82, 2.24) is 10.3 Å². The molecule has 1 heterocycles. The van der Waals surface area contributed by atoms with E-state index in [0.717, 1.165) is 27.6 Å². The van der Waals surface area contributed by atoms with Gasteiger partial charge in [0, 0.05) is 17.1 Å². The van der Waals surface area contributed by atoms with Crippen molar-refractivity contribution in [2.45, 2.75) is 20.3 Å². The molecule has 26 heavy (non-hydrogen) atoms. The zero-order chi connectivity index (χ0) is 18.7. The molecule has 0 saturated carbocycles. The summed E-state index contributed by atoms with van der Waals surface area (Å²) in [5, 5.41) is 6.90. The average Bonchev–Trinajstić information content (AvgIpc) is 2.99. The topological polar surface area (TPSA) is 74.0 Å². The van der Waals surface area contributed by atoms with Crippen LogP contribution >= 0.6 is 11.6 Å². The van der Waals surface area contributed by atoms with Gasteiger partial charge in [0.25, 0.3) is 0 Å². The standard InChI is InChI=1S/C20H20ClN3O2/c1-12-7-13(2)20(16(21)8-12)24-19(26)11-23-18(25)9-14-10-22-17-6-4-3-5-15(14)17/h3-8,10,22H,9,11H2,1-2H3,(H,23,25)(H,24,26). The first-order chi connectivity index (χ1) is 12.4. The van der Waals surface area contributed by atoms with Gasteiger partial charge in [-0.1, -0.05) is 35.9 Å². The van der Waals surface area contributed by atoms with E-state index in [4.69, 9.17) is 11.6 Å². The summed E-state index contributed by atoms with van der Waals surface area (Å²) in [6, 6.07) is 11.5. The van der Waals surface area contributed by atoms with E-state index >= 15 is 0 Å². The Hall–Kier alpha value is -2.79. The van der Waals surface area contributed by atoms with Crippen LogP contribution in [0, 0.1) is 13.8 Å². The van der Waals surface area contributed by atoms with Crippen LogP contribution in [0.3, 0.4) is 0 Å². The monoisotopic (exact) mass is 369 g/mol. The van der Waals surface area contributed by atoms with Crippen molar-refractivity contribution in [3.8, 4) is 0 Å². The van der Waals surface area contributed by atoms with Crippen LogP contribution in [0.5, 0.6) is 0 Å². The molecule has 1 aromatic heterocycles. The Labute approximate surface area is 156 Å². The van der Waals surface area contributed by atoms with E-state index in [9.17, 15) is 9.59 Å². The number of anilines is 1. The third kappa shape index (κ3) is 4.06. The minimum absolute atomic E-state index is 0.106. The van der Waals surface area contributed by atoms with Gasteiger partial charge in [-0.15, -0.1) is 0 Å². The predicted octanol–water partition coefficient (Wildman–Crippen LogP) is 3.74. The molecule has 0 bridgehead atoms. The number of hydrogen-bond acceptors (Lipinski definition) is 2. The second-order valence-electron chi connectivity index (χ2n) is 6.30. The van der Waals surface area contributed by atoms with Gasteiger partial charge in [0.15, 0.2) is 0 Å². The van der Waals surface area contributed by atoms with Gasteiger partial charge in [0.2, 0.25) is 11.8 Å². The lowest BCUT2D eigenvalue weighted by molar-refractivity contribution is -0.123. The quantitative estimate of drug-likeness (QED) is 0.641. The fourth-order valence-electron chi connectivity index (χ4n) is 2.95. The van der Waals surface area contributed by atoms with Crippen molar-refractivity contribution in [1.29, 1.82) is 0 Å². The summed E-state index contributed by atoms with van der Waals surface area (Å²) in [5.41, 5.74) is 4.37. The molecule has 0 radical (unpaired) electrons. The van der Waals surface area contributed by atoms with Gasteiger partial charge in [0.1, 0.15) is 0 Å². The molecule has 0 unspecified atom stereocenters. The number of aromatic nitrogens is 1. The molecule has 2 amide bonds. The van der Waals surface area contributed by atoms with Gasteiger partial charge in [-0.3, -0.25) is 9.59 Å². The molecule has 3 rings (SSSR count). The van der Waals surface area contributed by atoms with Crippen LogP contribution in [-0.2, 0) is 16.0 Å². The van der Waals surface area contributed by atoms with Crippen molar-refractivity contribution in [2.24, 2.45) is 0 Å². The number of aryl methyl sites for hydroxylation is 2. The molecule has 0 fully saturated rings. The van der Waals surface area contributed by atoms with Crippen molar-refractivity contribution in [3.63, 3.8) is 0 Å². The third-order valence-corrected chi connectivity index (χ3v) is 4.47. The molecule has 0 spiro atoms. The highest BCUT2D eigenvalue weighted by atomic mass is 35.5. The molecule has 2 aromatic carbocycles. The number of para-hydroxylation sites is 1. The first-order valence-corrected chi connectivity index (χ1v) is 8.70. The number of aromatic amines is 1. The number of fused-ring (bicyclic) bond motifs is 1. The smallest absolute Gasteiger partial charge is 0.243 e. The van der Waals surface area contributed by atoms with Crippen molar-refractivity contribution in [3.05, 3.63) is 64.3 Å². The van der Waals surface area contributed by atoms with Gasteiger partial charge < -0.3 is 15.6 Å². The Balaban J connectivity index is 1.57. The molecule has 0 saturated heterocycles. The minimum Gasteiger partial charge on any atom is -0.361 e. The fraction of sp³-hybridized carbons (Fsp3) is 0.200.